The van der Waals surface area contributed by atoms with Crippen molar-refractivity contribution in [1.29, 1.82) is 5.41 Å². The summed E-state index contributed by atoms with van der Waals surface area (Å²) in [5.41, 5.74) is 5.95. The summed E-state index contributed by atoms with van der Waals surface area (Å²) < 4.78 is 0. The zero-order valence-corrected chi connectivity index (χ0v) is 29.5. The molecule has 0 radical (unpaired) electrons. The van der Waals surface area contributed by atoms with Crippen molar-refractivity contribution >= 4 is 59.2 Å². The lowest BCUT2D eigenvalue weighted by molar-refractivity contribution is -0.141. The van der Waals surface area contributed by atoms with Crippen LogP contribution in [0.25, 0.3) is 0 Å². The molecule has 292 valence electrons. The van der Waals surface area contributed by atoms with E-state index in [0.717, 1.165) is 17.1 Å². The summed E-state index contributed by atoms with van der Waals surface area (Å²) in [5, 5.41) is 34.5. The van der Waals surface area contributed by atoms with E-state index < -0.39 is 90.4 Å². The minimum Gasteiger partial charge on any atom is -0.481 e. The Hall–Kier alpha value is -6.34. The van der Waals surface area contributed by atoms with Gasteiger partial charge in [-0.1, -0.05) is 30.3 Å². The van der Waals surface area contributed by atoms with Gasteiger partial charge in [0.2, 0.25) is 35.4 Å². The molecule has 2 heterocycles. The van der Waals surface area contributed by atoms with Crippen molar-refractivity contribution in [3.63, 3.8) is 0 Å². The molecule has 0 aromatic heterocycles. The van der Waals surface area contributed by atoms with E-state index in [2.05, 4.69) is 37.2 Å². The van der Waals surface area contributed by atoms with Crippen molar-refractivity contribution in [3.8, 4) is 0 Å². The van der Waals surface area contributed by atoms with Crippen LogP contribution in [0.4, 0.5) is 0 Å². The van der Waals surface area contributed by atoms with E-state index >= 15 is 0 Å². The lowest BCUT2D eigenvalue weighted by atomic mass is 10.0. The van der Waals surface area contributed by atoms with Gasteiger partial charge in [0.15, 0.2) is 5.96 Å². The predicted molar refractivity (Wildman–Crippen MR) is 190 cm³/mol. The van der Waals surface area contributed by atoms with E-state index in [4.69, 9.17) is 11.1 Å². The van der Waals surface area contributed by atoms with Gasteiger partial charge in [-0.05, 0) is 37.7 Å². The van der Waals surface area contributed by atoms with Gasteiger partial charge in [-0.15, -0.1) is 0 Å². The van der Waals surface area contributed by atoms with Crippen LogP contribution >= 0.6 is 0 Å². The SMILES string of the molecule is N=C(N)NCCC[C@@H]1NC(=O)C(CCCCNC(=O)CCN2C(=O)C=CC2=O)NC(=O)[C@@H](Cc2ccccc2)NC(=O)[C@@H](CC(=O)O)NC(=O)CNC1=O. The van der Waals surface area contributed by atoms with Crippen LogP contribution in [0.5, 0.6) is 0 Å². The van der Waals surface area contributed by atoms with Crippen LogP contribution in [0.3, 0.4) is 0 Å². The number of guanidine groups is 1. The Morgan fingerprint density at radius 1 is 0.759 bits per heavy atom. The van der Waals surface area contributed by atoms with Gasteiger partial charge in [-0.3, -0.25) is 53.5 Å². The standard InChI is InChI=1S/C34H46N10O10/c35-34(36)38-15-6-10-21-30(51)39-19-26(46)40-24(18-29(49)50)33(54)43-23(17-20-7-2-1-3-8-20)32(53)42-22(31(52)41-21)9-4-5-14-37-25(45)13-16-44-27(47)11-12-28(44)48/h1-3,7-8,11-12,21-24H,4-6,9-10,13-19H2,(H,37,45)(H,39,51)(H,40,46)(H,41,52)(H,42,53)(H,43,54)(H,49,50)(H4,35,36,38)/t21-,22?,23+,24+/m0/s1. The van der Waals surface area contributed by atoms with E-state index in [-0.39, 0.29) is 64.1 Å². The first-order chi connectivity index (χ1) is 25.7. The van der Waals surface area contributed by atoms with Crippen LogP contribution < -0.4 is 43.0 Å². The van der Waals surface area contributed by atoms with Crippen LogP contribution in [0.1, 0.15) is 50.5 Å². The smallest absolute Gasteiger partial charge is 0.305 e. The number of rotatable bonds is 16. The highest BCUT2D eigenvalue weighted by atomic mass is 16.4. The van der Waals surface area contributed by atoms with Crippen molar-refractivity contribution < 1.29 is 48.3 Å². The molecule has 20 heteroatoms. The molecule has 0 bridgehead atoms. The first-order valence-corrected chi connectivity index (χ1v) is 17.4. The molecule has 54 heavy (non-hydrogen) atoms. The molecule has 3 rings (SSSR count). The lowest BCUT2D eigenvalue weighted by Crippen LogP contribution is -2.58. The van der Waals surface area contributed by atoms with Gasteiger partial charge in [0.05, 0.1) is 13.0 Å². The Bertz CT molecular complexity index is 1600. The molecule has 0 aliphatic carbocycles. The van der Waals surface area contributed by atoms with Gasteiger partial charge >= 0.3 is 5.97 Å². The number of imide groups is 1. The molecular weight excluding hydrogens is 708 g/mol. The molecule has 0 saturated carbocycles. The Morgan fingerprint density at radius 2 is 1.33 bits per heavy atom. The highest BCUT2D eigenvalue weighted by Gasteiger charge is 2.33. The summed E-state index contributed by atoms with van der Waals surface area (Å²) in [6.07, 6.45) is 2.13. The molecule has 4 atom stereocenters. The summed E-state index contributed by atoms with van der Waals surface area (Å²) >= 11 is 0. The molecule has 8 amide bonds. The second kappa shape index (κ2) is 21.2. The van der Waals surface area contributed by atoms with Crippen molar-refractivity contribution in [1.82, 2.24) is 42.1 Å². The van der Waals surface area contributed by atoms with Crippen LogP contribution in [0.15, 0.2) is 42.5 Å². The molecule has 1 unspecified atom stereocenters. The number of amides is 8. The average Bonchev–Trinajstić information content (AvgIpc) is 3.44. The highest BCUT2D eigenvalue weighted by Crippen LogP contribution is 2.10. The van der Waals surface area contributed by atoms with E-state index in [1.165, 1.54) is 0 Å². The monoisotopic (exact) mass is 754 g/mol. The molecule has 1 fully saturated rings. The number of carbonyl (C=O) groups excluding carboxylic acids is 8. The van der Waals surface area contributed by atoms with Crippen molar-refractivity contribution in [2.45, 2.75) is 75.5 Å². The van der Waals surface area contributed by atoms with Gasteiger partial charge in [0.25, 0.3) is 11.8 Å². The molecule has 11 N–H and O–H groups in total. The summed E-state index contributed by atoms with van der Waals surface area (Å²) in [4.78, 5) is 115. The Kier molecular flexibility index (Phi) is 16.6. The summed E-state index contributed by atoms with van der Waals surface area (Å²) in [7, 11) is 0. The maximum atomic E-state index is 13.8. The third kappa shape index (κ3) is 14.4. The van der Waals surface area contributed by atoms with Crippen LogP contribution in [-0.2, 0) is 49.6 Å². The molecule has 20 nitrogen and oxygen atoms in total. The number of carboxylic acids is 1. The van der Waals surface area contributed by atoms with Crippen LogP contribution in [0, 0.1) is 5.41 Å². The molecule has 2 aliphatic heterocycles. The molecule has 1 aromatic rings. The minimum absolute atomic E-state index is 0.0177. The fraction of sp³-hybridized carbons (Fsp3) is 0.471. The van der Waals surface area contributed by atoms with E-state index in [0.29, 0.717) is 12.0 Å². The van der Waals surface area contributed by atoms with Gasteiger partial charge < -0.3 is 48.1 Å². The maximum absolute atomic E-state index is 13.8. The van der Waals surface area contributed by atoms with Crippen LogP contribution in [-0.4, -0.2) is 120 Å². The number of carboxylic acid groups (broad SMARTS) is 1. The Morgan fingerprint density at radius 3 is 1.98 bits per heavy atom. The molecular formula is C34H46N10O10. The fourth-order valence-corrected chi connectivity index (χ4v) is 5.52. The second-order valence-electron chi connectivity index (χ2n) is 12.5. The Balaban J connectivity index is 1.80. The number of aliphatic carboxylic acids is 1. The largest absolute Gasteiger partial charge is 0.481 e. The van der Waals surface area contributed by atoms with Crippen LogP contribution in [0.2, 0.25) is 0 Å². The first-order valence-electron chi connectivity index (χ1n) is 17.4. The number of hydrogen-bond acceptors (Lipinski definition) is 10. The van der Waals surface area contributed by atoms with Crippen molar-refractivity contribution in [2.24, 2.45) is 5.73 Å². The van der Waals surface area contributed by atoms with E-state index in [1.54, 1.807) is 30.3 Å². The van der Waals surface area contributed by atoms with E-state index in [9.17, 15) is 48.3 Å². The zero-order chi connectivity index (χ0) is 39.6. The minimum atomic E-state index is -1.62. The number of hydrogen-bond donors (Lipinski definition) is 10. The maximum Gasteiger partial charge on any atom is 0.305 e. The first kappa shape index (κ1) is 42.1. The number of nitrogens with two attached hydrogens (primary N) is 1. The molecule has 1 saturated heterocycles. The number of nitrogens with one attached hydrogen (secondary N) is 8. The Labute approximate surface area is 310 Å². The zero-order valence-electron chi connectivity index (χ0n) is 29.5. The predicted octanol–water partition coefficient (Wildman–Crippen LogP) is -3.36. The van der Waals surface area contributed by atoms with Gasteiger partial charge in [-0.25, -0.2) is 0 Å². The topological polar surface area (TPSA) is 311 Å². The van der Waals surface area contributed by atoms with Crippen molar-refractivity contribution in [2.75, 3.05) is 26.2 Å². The molecule has 0 spiro atoms. The number of unbranched alkanes of at least 4 members (excludes halogenated alkanes) is 1. The van der Waals surface area contributed by atoms with E-state index in [1.807, 2.05) is 0 Å². The quantitative estimate of drug-likeness (QED) is 0.0343. The van der Waals surface area contributed by atoms with Gasteiger partial charge in [0.1, 0.15) is 24.2 Å². The summed E-state index contributed by atoms with van der Waals surface area (Å²) in [6.45, 7) is -0.420. The van der Waals surface area contributed by atoms with Crippen molar-refractivity contribution in [3.05, 3.63) is 48.0 Å². The number of benzene rings is 1. The molecule has 1 aromatic carbocycles. The summed E-state index contributed by atoms with van der Waals surface area (Å²) in [5.74, 6) is -7.36. The van der Waals surface area contributed by atoms with Gasteiger partial charge in [0, 0.05) is 44.6 Å². The number of nitrogens with zero attached hydrogens (tertiary/aromatic N) is 1. The average molecular weight is 755 g/mol. The second-order valence-corrected chi connectivity index (χ2v) is 12.5. The summed E-state index contributed by atoms with van der Waals surface area (Å²) in [6, 6.07) is 3.14. The third-order valence-electron chi connectivity index (χ3n) is 8.33. The lowest BCUT2D eigenvalue weighted by Gasteiger charge is -2.26. The third-order valence-corrected chi connectivity index (χ3v) is 8.33. The number of carbonyl (C=O) groups is 9. The molecule has 2 aliphatic rings. The van der Waals surface area contributed by atoms with Gasteiger partial charge in [-0.2, -0.15) is 0 Å². The normalized spacial score (nSPS) is 21.1. The highest BCUT2D eigenvalue weighted by molar-refractivity contribution is 6.13. The fourth-order valence-electron chi connectivity index (χ4n) is 5.52.